The lowest BCUT2D eigenvalue weighted by molar-refractivity contribution is 1.23. The summed E-state index contributed by atoms with van der Waals surface area (Å²) in [6, 6.07) is 11.3. The van der Waals surface area contributed by atoms with Gasteiger partial charge in [0.15, 0.2) is 0 Å². The number of benzene rings is 1. The SMILES string of the molecule is Nc1[nH]ccc1N=Nc1ccccc1. The van der Waals surface area contributed by atoms with E-state index in [0.717, 1.165) is 5.69 Å². The van der Waals surface area contributed by atoms with Gasteiger partial charge in [0.05, 0.1) is 5.69 Å². The van der Waals surface area contributed by atoms with Gasteiger partial charge >= 0.3 is 0 Å². The summed E-state index contributed by atoms with van der Waals surface area (Å²) in [5.74, 6) is 0.532. The number of nitrogen functional groups attached to an aromatic ring is 1. The summed E-state index contributed by atoms with van der Waals surface area (Å²) < 4.78 is 0. The first kappa shape index (κ1) is 8.50. The molecule has 0 aliphatic rings. The lowest BCUT2D eigenvalue weighted by Crippen LogP contribution is -1.81. The summed E-state index contributed by atoms with van der Waals surface area (Å²) in [6.07, 6.45) is 1.73. The molecule has 0 atom stereocenters. The first-order valence-electron chi connectivity index (χ1n) is 4.26. The Kier molecular flexibility index (Phi) is 2.27. The second-order valence-corrected chi connectivity index (χ2v) is 2.81. The van der Waals surface area contributed by atoms with Crippen molar-refractivity contribution in [3.8, 4) is 0 Å². The largest absolute Gasteiger partial charge is 0.383 e. The fraction of sp³-hybridized carbons (Fsp3) is 0. The normalized spacial score (nSPS) is 10.9. The van der Waals surface area contributed by atoms with E-state index in [2.05, 4.69) is 15.2 Å². The minimum Gasteiger partial charge on any atom is -0.383 e. The summed E-state index contributed by atoms with van der Waals surface area (Å²) in [4.78, 5) is 2.83. The Hall–Kier alpha value is -2.10. The number of aromatic amines is 1. The number of hydrogen-bond acceptors (Lipinski definition) is 3. The topological polar surface area (TPSA) is 66.5 Å². The molecule has 0 unspecified atom stereocenters. The molecule has 14 heavy (non-hydrogen) atoms. The Morgan fingerprint density at radius 3 is 2.43 bits per heavy atom. The van der Waals surface area contributed by atoms with Gasteiger partial charge in [0.25, 0.3) is 0 Å². The maximum atomic E-state index is 5.60. The number of nitrogens with one attached hydrogen (secondary N) is 1. The Bertz CT molecular complexity index is 430. The van der Waals surface area contributed by atoms with Crippen LogP contribution in [-0.2, 0) is 0 Å². The van der Waals surface area contributed by atoms with Crippen LogP contribution < -0.4 is 5.73 Å². The predicted octanol–water partition coefficient (Wildman–Crippen LogP) is 3.01. The van der Waals surface area contributed by atoms with Crippen LogP contribution >= 0.6 is 0 Å². The van der Waals surface area contributed by atoms with E-state index >= 15 is 0 Å². The minimum atomic E-state index is 0.532. The molecule has 1 aromatic heterocycles. The van der Waals surface area contributed by atoms with Crippen molar-refractivity contribution in [2.24, 2.45) is 10.2 Å². The summed E-state index contributed by atoms with van der Waals surface area (Å²) in [7, 11) is 0. The Morgan fingerprint density at radius 1 is 1.00 bits per heavy atom. The number of anilines is 1. The monoisotopic (exact) mass is 186 g/mol. The van der Waals surface area contributed by atoms with E-state index in [-0.39, 0.29) is 0 Å². The molecule has 2 rings (SSSR count). The van der Waals surface area contributed by atoms with E-state index in [1.807, 2.05) is 30.3 Å². The molecule has 0 saturated heterocycles. The van der Waals surface area contributed by atoms with Gasteiger partial charge in [-0.25, -0.2) is 0 Å². The van der Waals surface area contributed by atoms with Crippen LogP contribution in [0.15, 0.2) is 52.8 Å². The van der Waals surface area contributed by atoms with E-state index in [0.29, 0.717) is 11.5 Å². The molecular formula is C10H10N4. The third kappa shape index (κ3) is 1.80. The van der Waals surface area contributed by atoms with Crippen LogP contribution in [0.1, 0.15) is 0 Å². The van der Waals surface area contributed by atoms with Gasteiger partial charge in [-0.3, -0.25) is 0 Å². The molecular weight excluding hydrogens is 176 g/mol. The third-order valence-corrected chi connectivity index (χ3v) is 1.79. The number of rotatable bonds is 2. The number of nitrogens with two attached hydrogens (primary N) is 1. The van der Waals surface area contributed by atoms with Crippen molar-refractivity contribution in [1.82, 2.24) is 4.98 Å². The van der Waals surface area contributed by atoms with Gasteiger partial charge in [-0.2, -0.15) is 5.11 Å². The number of hydrogen-bond donors (Lipinski definition) is 2. The molecule has 4 heteroatoms. The van der Waals surface area contributed by atoms with Crippen LogP contribution in [0.5, 0.6) is 0 Å². The molecule has 3 N–H and O–H groups in total. The van der Waals surface area contributed by atoms with Gasteiger partial charge in [-0.05, 0) is 18.2 Å². The molecule has 4 nitrogen and oxygen atoms in total. The Labute approximate surface area is 81.5 Å². The van der Waals surface area contributed by atoms with E-state index in [1.165, 1.54) is 0 Å². The summed E-state index contributed by atoms with van der Waals surface area (Å²) in [5, 5.41) is 8.04. The van der Waals surface area contributed by atoms with Gasteiger partial charge in [0.1, 0.15) is 11.5 Å². The zero-order chi connectivity index (χ0) is 9.80. The highest BCUT2D eigenvalue weighted by Gasteiger charge is 1.95. The summed E-state index contributed by atoms with van der Waals surface area (Å²) in [6.45, 7) is 0. The van der Waals surface area contributed by atoms with Crippen molar-refractivity contribution in [1.29, 1.82) is 0 Å². The molecule has 2 aromatic rings. The molecule has 0 amide bonds. The zero-order valence-electron chi connectivity index (χ0n) is 7.51. The average Bonchev–Trinajstić information content (AvgIpc) is 2.63. The quantitative estimate of drug-likeness (QED) is 0.695. The second-order valence-electron chi connectivity index (χ2n) is 2.81. The van der Waals surface area contributed by atoms with Crippen LogP contribution in [0.25, 0.3) is 0 Å². The highest BCUT2D eigenvalue weighted by atomic mass is 15.1. The van der Waals surface area contributed by atoms with E-state index in [9.17, 15) is 0 Å². The lowest BCUT2D eigenvalue weighted by Gasteiger charge is -1.90. The molecule has 1 aromatic carbocycles. The number of nitrogens with zero attached hydrogens (tertiary/aromatic N) is 2. The van der Waals surface area contributed by atoms with Gasteiger partial charge in [0.2, 0.25) is 0 Å². The fourth-order valence-electron chi connectivity index (χ4n) is 1.07. The van der Waals surface area contributed by atoms with Gasteiger partial charge < -0.3 is 10.7 Å². The molecule has 0 aliphatic heterocycles. The second kappa shape index (κ2) is 3.74. The minimum absolute atomic E-state index is 0.532. The lowest BCUT2D eigenvalue weighted by atomic mass is 10.3. The van der Waals surface area contributed by atoms with Crippen LogP contribution in [0.2, 0.25) is 0 Å². The molecule has 0 fully saturated rings. The Balaban J connectivity index is 2.20. The van der Waals surface area contributed by atoms with E-state index in [4.69, 9.17) is 5.73 Å². The van der Waals surface area contributed by atoms with E-state index in [1.54, 1.807) is 12.3 Å². The number of H-pyrrole nitrogens is 1. The van der Waals surface area contributed by atoms with Gasteiger partial charge in [-0.1, -0.05) is 18.2 Å². The standard InChI is InChI=1S/C10H10N4/c11-10-9(6-7-12-10)14-13-8-4-2-1-3-5-8/h1-7,12H,11H2. The molecule has 0 spiro atoms. The molecule has 0 saturated carbocycles. The highest BCUT2D eigenvalue weighted by Crippen LogP contribution is 2.22. The molecule has 1 heterocycles. The average molecular weight is 186 g/mol. The Morgan fingerprint density at radius 2 is 1.79 bits per heavy atom. The smallest absolute Gasteiger partial charge is 0.128 e. The maximum absolute atomic E-state index is 5.60. The van der Waals surface area contributed by atoms with E-state index < -0.39 is 0 Å². The van der Waals surface area contributed by atoms with Crippen LogP contribution in [0.4, 0.5) is 17.2 Å². The maximum Gasteiger partial charge on any atom is 0.128 e. The fourth-order valence-corrected chi connectivity index (χ4v) is 1.07. The predicted molar refractivity (Wildman–Crippen MR) is 55.8 cm³/mol. The molecule has 0 radical (unpaired) electrons. The van der Waals surface area contributed by atoms with Crippen molar-refractivity contribution in [2.75, 3.05) is 5.73 Å². The van der Waals surface area contributed by atoms with Crippen LogP contribution in [-0.4, -0.2) is 4.98 Å². The zero-order valence-corrected chi connectivity index (χ0v) is 7.51. The molecule has 0 bridgehead atoms. The van der Waals surface area contributed by atoms with Gasteiger partial charge in [0, 0.05) is 6.20 Å². The van der Waals surface area contributed by atoms with Crippen molar-refractivity contribution in [3.05, 3.63) is 42.6 Å². The molecule has 0 aliphatic carbocycles. The number of aromatic nitrogens is 1. The third-order valence-electron chi connectivity index (χ3n) is 1.79. The van der Waals surface area contributed by atoms with Crippen molar-refractivity contribution >= 4 is 17.2 Å². The first-order chi connectivity index (χ1) is 6.86. The van der Waals surface area contributed by atoms with Gasteiger partial charge in [-0.15, -0.1) is 5.11 Å². The summed E-state index contributed by atoms with van der Waals surface area (Å²) in [5.41, 5.74) is 7.07. The van der Waals surface area contributed by atoms with Crippen LogP contribution in [0, 0.1) is 0 Å². The number of azo groups is 1. The summed E-state index contributed by atoms with van der Waals surface area (Å²) >= 11 is 0. The van der Waals surface area contributed by atoms with Crippen molar-refractivity contribution in [3.63, 3.8) is 0 Å². The molecule has 70 valence electrons. The van der Waals surface area contributed by atoms with Crippen molar-refractivity contribution < 1.29 is 0 Å². The van der Waals surface area contributed by atoms with Crippen molar-refractivity contribution in [2.45, 2.75) is 0 Å². The highest BCUT2D eigenvalue weighted by molar-refractivity contribution is 5.57. The van der Waals surface area contributed by atoms with Crippen LogP contribution in [0.3, 0.4) is 0 Å². The first-order valence-corrected chi connectivity index (χ1v) is 4.26.